The van der Waals surface area contributed by atoms with Crippen LogP contribution in [0.3, 0.4) is 0 Å². The van der Waals surface area contributed by atoms with Crippen molar-refractivity contribution >= 4 is 5.91 Å². The Morgan fingerprint density at radius 3 is 2.89 bits per heavy atom. The molecule has 19 heavy (non-hydrogen) atoms. The Hall–Kier alpha value is -1.40. The number of amides is 1. The Bertz CT molecular complexity index is 469. The zero-order chi connectivity index (χ0) is 13.4. The maximum absolute atomic E-state index is 12.0. The number of aliphatic hydroxyl groups is 2. The number of aliphatic hydroxyl groups excluding tert-OH is 2. The smallest absolute Gasteiger partial charge is 0.273 e. The number of hydrogen-bond donors (Lipinski definition) is 3. The maximum atomic E-state index is 12.0. The Morgan fingerprint density at radius 2 is 2.26 bits per heavy atom. The average Bonchev–Trinajstić information content (AvgIpc) is 3.01. The number of carbonyl (C=O) groups excluding carboxylic acids is 1. The maximum Gasteiger partial charge on any atom is 0.273 e. The van der Waals surface area contributed by atoms with Crippen LogP contribution in [0.1, 0.15) is 47.8 Å². The fourth-order valence-corrected chi connectivity index (χ4v) is 2.63. The summed E-state index contributed by atoms with van der Waals surface area (Å²) in [5.74, 6) is 0.794. The summed E-state index contributed by atoms with van der Waals surface area (Å²) in [6.45, 7) is -0.0523. The molecule has 1 heterocycles. The monoisotopic (exact) mass is 266 g/mol. The molecule has 0 saturated heterocycles. The third kappa shape index (κ3) is 2.64. The van der Waals surface area contributed by atoms with Crippen LogP contribution in [0.5, 0.6) is 0 Å². The molecule has 0 bridgehead atoms. The van der Waals surface area contributed by atoms with E-state index >= 15 is 0 Å². The van der Waals surface area contributed by atoms with E-state index in [-0.39, 0.29) is 24.5 Å². The van der Waals surface area contributed by atoms with E-state index in [1.54, 1.807) is 6.07 Å². The van der Waals surface area contributed by atoms with Gasteiger partial charge < -0.3 is 20.1 Å². The molecule has 104 valence electrons. The molecule has 0 spiro atoms. The van der Waals surface area contributed by atoms with Crippen LogP contribution in [0.2, 0.25) is 0 Å². The van der Waals surface area contributed by atoms with Gasteiger partial charge in [-0.25, -0.2) is 0 Å². The largest absolute Gasteiger partial charge is 0.396 e. The van der Waals surface area contributed by atoms with Crippen LogP contribution in [0.15, 0.2) is 10.6 Å². The molecule has 3 atom stereocenters. The molecule has 6 nitrogen and oxygen atoms in total. The van der Waals surface area contributed by atoms with E-state index in [1.807, 2.05) is 0 Å². The number of carbonyl (C=O) groups is 1. The molecule has 2 saturated carbocycles. The van der Waals surface area contributed by atoms with E-state index < -0.39 is 6.10 Å². The van der Waals surface area contributed by atoms with Crippen LogP contribution >= 0.6 is 0 Å². The highest BCUT2D eigenvalue weighted by molar-refractivity contribution is 5.92. The van der Waals surface area contributed by atoms with Gasteiger partial charge in [0.2, 0.25) is 0 Å². The van der Waals surface area contributed by atoms with Gasteiger partial charge in [0.05, 0.1) is 6.10 Å². The van der Waals surface area contributed by atoms with Crippen LogP contribution in [0.4, 0.5) is 0 Å². The lowest BCUT2D eigenvalue weighted by Gasteiger charge is -2.10. The molecule has 3 rings (SSSR count). The van der Waals surface area contributed by atoms with Gasteiger partial charge in [0.25, 0.3) is 5.91 Å². The van der Waals surface area contributed by atoms with E-state index in [9.17, 15) is 9.90 Å². The van der Waals surface area contributed by atoms with Crippen molar-refractivity contribution in [2.75, 3.05) is 6.61 Å². The van der Waals surface area contributed by atoms with Gasteiger partial charge in [0, 0.05) is 30.6 Å². The van der Waals surface area contributed by atoms with Gasteiger partial charge in [-0.05, 0) is 25.7 Å². The molecule has 1 amide bonds. The molecule has 2 aliphatic rings. The van der Waals surface area contributed by atoms with Crippen LogP contribution in [-0.4, -0.2) is 40.0 Å². The van der Waals surface area contributed by atoms with Crippen LogP contribution in [0, 0.1) is 5.92 Å². The highest BCUT2D eigenvalue weighted by Crippen LogP contribution is 2.40. The molecule has 0 aromatic carbocycles. The Labute approximate surface area is 110 Å². The second-order valence-corrected chi connectivity index (χ2v) is 5.54. The van der Waals surface area contributed by atoms with E-state index in [4.69, 9.17) is 9.63 Å². The van der Waals surface area contributed by atoms with E-state index in [1.165, 1.54) is 0 Å². The van der Waals surface area contributed by atoms with Gasteiger partial charge in [-0.1, -0.05) is 5.16 Å². The van der Waals surface area contributed by atoms with Gasteiger partial charge in [0.1, 0.15) is 5.76 Å². The molecular weight excluding hydrogens is 248 g/mol. The highest BCUT2D eigenvalue weighted by atomic mass is 16.5. The van der Waals surface area contributed by atoms with Crippen molar-refractivity contribution < 1.29 is 19.5 Å². The summed E-state index contributed by atoms with van der Waals surface area (Å²) < 4.78 is 5.14. The Balaban J connectivity index is 1.58. The summed E-state index contributed by atoms with van der Waals surface area (Å²) in [4.78, 5) is 12.0. The first-order valence-electron chi connectivity index (χ1n) is 6.73. The van der Waals surface area contributed by atoms with E-state index in [0.29, 0.717) is 24.5 Å². The predicted octanol–water partition coefficient (Wildman–Crippen LogP) is 0.414. The van der Waals surface area contributed by atoms with Crippen LogP contribution < -0.4 is 5.32 Å². The molecule has 0 aliphatic heterocycles. The van der Waals surface area contributed by atoms with Gasteiger partial charge in [0.15, 0.2) is 5.69 Å². The third-order valence-electron chi connectivity index (χ3n) is 3.97. The minimum atomic E-state index is -0.547. The second kappa shape index (κ2) is 4.94. The number of aromatic nitrogens is 1. The molecule has 0 radical (unpaired) electrons. The molecule has 1 aromatic rings. The summed E-state index contributed by atoms with van der Waals surface area (Å²) in [6.07, 6.45) is 2.72. The van der Waals surface area contributed by atoms with E-state index in [2.05, 4.69) is 10.5 Å². The minimum absolute atomic E-state index is 0.0523. The first-order chi connectivity index (χ1) is 9.17. The molecule has 3 N–H and O–H groups in total. The zero-order valence-corrected chi connectivity index (χ0v) is 10.6. The normalized spacial score (nSPS) is 30.5. The summed E-state index contributed by atoms with van der Waals surface area (Å²) >= 11 is 0. The van der Waals surface area contributed by atoms with Crippen molar-refractivity contribution in [3.8, 4) is 0 Å². The van der Waals surface area contributed by atoms with Gasteiger partial charge in [-0.15, -0.1) is 0 Å². The van der Waals surface area contributed by atoms with Gasteiger partial charge >= 0.3 is 0 Å². The lowest BCUT2D eigenvalue weighted by atomic mass is 10.1. The topological polar surface area (TPSA) is 95.6 Å². The van der Waals surface area contributed by atoms with Crippen LogP contribution in [-0.2, 0) is 0 Å². The Morgan fingerprint density at radius 1 is 1.47 bits per heavy atom. The number of nitrogens with one attached hydrogen (secondary N) is 1. The lowest BCUT2D eigenvalue weighted by molar-refractivity contribution is 0.0902. The quantitative estimate of drug-likeness (QED) is 0.733. The van der Waals surface area contributed by atoms with Crippen molar-refractivity contribution in [2.24, 2.45) is 5.92 Å². The highest BCUT2D eigenvalue weighted by Gasteiger charge is 2.34. The van der Waals surface area contributed by atoms with Crippen molar-refractivity contribution in [1.29, 1.82) is 0 Å². The van der Waals surface area contributed by atoms with Crippen molar-refractivity contribution in [3.05, 3.63) is 17.5 Å². The molecule has 1 aromatic heterocycles. The van der Waals surface area contributed by atoms with Crippen LogP contribution in [0.25, 0.3) is 0 Å². The van der Waals surface area contributed by atoms with Crippen molar-refractivity contribution in [1.82, 2.24) is 10.5 Å². The Kier molecular flexibility index (Phi) is 3.28. The summed E-state index contributed by atoms with van der Waals surface area (Å²) in [6, 6.07) is 1.59. The predicted molar refractivity (Wildman–Crippen MR) is 65.5 cm³/mol. The molecule has 2 fully saturated rings. The summed E-state index contributed by atoms with van der Waals surface area (Å²) in [5.41, 5.74) is 0.295. The SMILES string of the molecule is O=C(N[C@H]1C[C@H](CO)[C@H](O)C1)c1cc(C2CC2)on1. The lowest BCUT2D eigenvalue weighted by Crippen LogP contribution is -2.33. The summed E-state index contributed by atoms with van der Waals surface area (Å²) in [7, 11) is 0. The molecule has 0 unspecified atom stereocenters. The number of rotatable bonds is 4. The first-order valence-corrected chi connectivity index (χ1v) is 6.73. The fraction of sp³-hybridized carbons (Fsp3) is 0.692. The second-order valence-electron chi connectivity index (χ2n) is 5.54. The standard InChI is InChI=1S/C13H18N2O4/c16-6-8-3-9(4-11(8)17)14-13(18)10-5-12(19-15-10)7-1-2-7/h5,7-9,11,16-17H,1-4,6H2,(H,14,18)/t8-,9+,11-/m1/s1. The summed E-state index contributed by atoms with van der Waals surface area (Å²) in [5, 5.41) is 25.4. The molecule has 2 aliphatic carbocycles. The molecule has 6 heteroatoms. The first kappa shape index (κ1) is 12.6. The van der Waals surface area contributed by atoms with Crippen molar-refractivity contribution in [3.63, 3.8) is 0 Å². The average molecular weight is 266 g/mol. The van der Waals surface area contributed by atoms with E-state index in [0.717, 1.165) is 18.6 Å². The number of hydrogen-bond acceptors (Lipinski definition) is 5. The van der Waals surface area contributed by atoms with Gasteiger partial charge in [-0.3, -0.25) is 4.79 Å². The minimum Gasteiger partial charge on any atom is -0.396 e. The molecular formula is C13H18N2O4. The third-order valence-corrected chi connectivity index (χ3v) is 3.97. The zero-order valence-electron chi connectivity index (χ0n) is 10.6. The fourth-order valence-electron chi connectivity index (χ4n) is 2.63. The number of nitrogens with zero attached hydrogens (tertiary/aromatic N) is 1. The van der Waals surface area contributed by atoms with Gasteiger partial charge in [-0.2, -0.15) is 0 Å². The van der Waals surface area contributed by atoms with Crippen molar-refractivity contribution in [2.45, 2.75) is 43.7 Å².